The second-order valence-electron chi connectivity index (χ2n) is 4.47. The molecular weight excluding hydrogens is 292 g/mol. The van der Waals surface area contributed by atoms with E-state index in [1.54, 1.807) is 19.1 Å². The first-order valence-electron chi connectivity index (χ1n) is 6.57. The number of hydrogen-bond donors (Lipinski definition) is 0. The van der Waals surface area contributed by atoms with Gasteiger partial charge in [-0.3, -0.25) is 0 Å². The van der Waals surface area contributed by atoms with Gasteiger partial charge in [0.15, 0.2) is 0 Å². The van der Waals surface area contributed by atoms with Crippen molar-refractivity contribution in [3.8, 4) is 6.07 Å². The molecule has 0 aliphatic carbocycles. The summed E-state index contributed by atoms with van der Waals surface area (Å²) in [6.45, 7) is 2.90. The number of pyridine rings is 1. The predicted molar refractivity (Wildman–Crippen MR) is 78.5 cm³/mol. The molecule has 0 N–H and O–H groups in total. The molecule has 1 aliphatic rings. The Morgan fingerprint density at radius 1 is 1.52 bits per heavy atom. The molecule has 1 saturated heterocycles. The van der Waals surface area contributed by atoms with E-state index in [-0.39, 0.29) is 6.61 Å². The number of carbonyl (C=O) groups is 1. The van der Waals surface area contributed by atoms with Crippen LogP contribution in [0.15, 0.2) is 22.7 Å². The lowest BCUT2D eigenvalue weighted by Crippen LogP contribution is -2.40. The predicted octanol–water partition coefficient (Wildman–Crippen LogP) is 1.40. The number of rotatable bonds is 2. The average molecular weight is 308 g/mol. The van der Waals surface area contributed by atoms with Crippen molar-refractivity contribution in [1.29, 1.82) is 5.26 Å². The van der Waals surface area contributed by atoms with Gasteiger partial charge in [-0.15, -0.1) is 4.36 Å². The van der Waals surface area contributed by atoms with Crippen molar-refractivity contribution in [1.82, 2.24) is 4.98 Å². The molecule has 21 heavy (non-hydrogen) atoms. The molecule has 0 radical (unpaired) electrons. The first-order valence-corrected chi connectivity index (χ1v) is 8.42. The van der Waals surface area contributed by atoms with Crippen molar-refractivity contribution in [2.45, 2.75) is 6.92 Å². The lowest BCUT2D eigenvalue weighted by atomic mass is 10.3. The van der Waals surface area contributed by atoms with E-state index >= 15 is 0 Å². The van der Waals surface area contributed by atoms with Crippen molar-refractivity contribution in [3.05, 3.63) is 23.9 Å². The maximum absolute atomic E-state index is 12.4. The van der Waals surface area contributed by atoms with E-state index in [9.17, 15) is 9.00 Å². The lowest BCUT2D eigenvalue weighted by molar-refractivity contribution is 0.164. The SMILES string of the molecule is CCOC(=O)N=S1(=O)CCN(c2ccc(C#N)cn2)CC1. The Morgan fingerprint density at radius 3 is 2.76 bits per heavy atom. The molecule has 0 spiro atoms. The van der Waals surface area contributed by atoms with Crippen LogP contribution in [0.1, 0.15) is 12.5 Å². The molecule has 0 saturated carbocycles. The van der Waals surface area contributed by atoms with E-state index in [0.29, 0.717) is 30.2 Å². The molecule has 1 aliphatic heterocycles. The summed E-state index contributed by atoms with van der Waals surface area (Å²) in [6.07, 6.45) is 0.747. The first kappa shape index (κ1) is 15.3. The summed E-state index contributed by atoms with van der Waals surface area (Å²) in [7, 11) is -2.54. The van der Waals surface area contributed by atoms with Gasteiger partial charge < -0.3 is 9.64 Å². The van der Waals surface area contributed by atoms with Gasteiger partial charge in [-0.25, -0.2) is 14.0 Å². The molecule has 8 heteroatoms. The number of nitriles is 1. The minimum absolute atomic E-state index is 0.221. The molecule has 7 nitrogen and oxygen atoms in total. The Hall–Kier alpha value is -2.14. The Morgan fingerprint density at radius 2 is 2.24 bits per heavy atom. The summed E-state index contributed by atoms with van der Waals surface area (Å²) < 4.78 is 20.8. The standard InChI is InChI=1S/C13H16N4O3S/c1-2-20-13(18)16-21(19)7-5-17(6-8-21)12-4-3-11(9-14)10-15-12/h3-4,10H,2,5-8H2,1H3. The summed E-state index contributed by atoms with van der Waals surface area (Å²) in [5.41, 5.74) is 0.497. The Balaban J connectivity index is 2.04. The van der Waals surface area contributed by atoms with Gasteiger partial charge in [0, 0.05) is 19.3 Å². The average Bonchev–Trinajstić information content (AvgIpc) is 2.48. The molecule has 0 bridgehead atoms. The summed E-state index contributed by atoms with van der Waals surface area (Å²) in [5.74, 6) is 1.33. The monoisotopic (exact) mass is 308 g/mol. The van der Waals surface area contributed by atoms with Gasteiger partial charge in [0.1, 0.15) is 11.9 Å². The maximum Gasteiger partial charge on any atom is 0.441 e. The van der Waals surface area contributed by atoms with Crippen LogP contribution in [0, 0.1) is 11.3 Å². The first-order chi connectivity index (χ1) is 10.1. The third-order valence-corrected chi connectivity index (χ3v) is 5.19. The molecule has 1 aromatic rings. The molecule has 0 atom stereocenters. The van der Waals surface area contributed by atoms with Gasteiger partial charge in [-0.2, -0.15) is 5.26 Å². The number of carbonyl (C=O) groups excluding carboxylic acids is 1. The van der Waals surface area contributed by atoms with Crippen molar-refractivity contribution < 1.29 is 13.7 Å². The van der Waals surface area contributed by atoms with Gasteiger partial charge in [0.2, 0.25) is 0 Å². The van der Waals surface area contributed by atoms with Crippen LogP contribution in [-0.4, -0.2) is 46.5 Å². The fourth-order valence-electron chi connectivity index (χ4n) is 1.96. The highest BCUT2D eigenvalue weighted by Crippen LogP contribution is 2.16. The van der Waals surface area contributed by atoms with Crippen molar-refractivity contribution in [2.75, 3.05) is 36.1 Å². The van der Waals surface area contributed by atoms with Crippen LogP contribution in [0.25, 0.3) is 0 Å². The molecule has 1 amide bonds. The maximum atomic E-state index is 12.4. The van der Waals surface area contributed by atoms with E-state index in [2.05, 4.69) is 9.35 Å². The number of hydrogen-bond acceptors (Lipinski definition) is 6. The fraction of sp³-hybridized carbons (Fsp3) is 0.462. The van der Waals surface area contributed by atoms with Crippen LogP contribution in [0.3, 0.4) is 0 Å². The summed E-state index contributed by atoms with van der Waals surface area (Å²) in [5, 5.41) is 8.74. The van der Waals surface area contributed by atoms with Crippen molar-refractivity contribution in [2.24, 2.45) is 4.36 Å². The van der Waals surface area contributed by atoms with Crippen LogP contribution in [0.4, 0.5) is 10.6 Å². The van der Waals surface area contributed by atoms with E-state index in [1.165, 1.54) is 6.20 Å². The highest BCUT2D eigenvalue weighted by atomic mass is 32.2. The van der Waals surface area contributed by atoms with E-state index < -0.39 is 15.8 Å². The number of aromatic nitrogens is 1. The van der Waals surface area contributed by atoms with Gasteiger partial charge >= 0.3 is 6.09 Å². The summed E-state index contributed by atoms with van der Waals surface area (Å²) in [4.78, 5) is 17.5. The minimum atomic E-state index is -2.54. The summed E-state index contributed by atoms with van der Waals surface area (Å²) in [6, 6.07) is 5.46. The lowest BCUT2D eigenvalue weighted by Gasteiger charge is -2.29. The molecule has 0 aromatic carbocycles. The zero-order chi connectivity index (χ0) is 15.3. The Labute approximate surface area is 123 Å². The van der Waals surface area contributed by atoms with E-state index in [4.69, 9.17) is 10.00 Å². The fourth-order valence-corrected chi connectivity index (χ4v) is 3.69. The third kappa shape index (κ3) is 3.92. The summed E-state index contributed by atoms with van der Waals surface area (Å²) >= 11 is 0. The molecule has 112 valence electrons. The smallest absolute Gasteiger partial charge is 0.441 e. The van der Waals surface area contributed by atoms with Crippen LogP contribution in [0.2, 0.25) is 0 Å². The van der Waals surface area contributed by atoms with Gasteiger partial charge in [0.05, 0.1) is 33.4 Å². The number of ether oxygens (including phenoxy) is 1. The zero-order valence-corrected chi connectivity index (χ0v) is 12.5. The second kappa shape index (κ2) is 6.54. The molecule has 1 aromatic heterocycles. The molecule has 0 unspecified atom stereocenters. The van der Waals surface area contributed by atoms with Crippen molar-refractivity contribution in [3.63, 3.8) is 0 Å². The van der Waals surface area contributed by atoms with Gasteiger partial charge in [0.25, 0.3) is 0 Å². The Bertz CT molecular complexity index is 658. The van der Waals surface area contributed by atoms with Crippen LogP contribution < -0.4 is 4.90 Å². The molecular formula is C13H16N4O3S. The highest BCUT2D eigenvalue weighted by molar-refractivity contribution is 7.94. The number of amides is 1. The zero-order valence-electron chi connectivity index (χ0n) is 11.7. The number of anilines is 1. The van der Waals surface area contributed by atoms with Crippen LogP contribution in [-0.2, 0) is 14.5 Å². The van der Waals surface area contributed by atoms with Crippen LogP contribution >= 0.6 is 0 Å². The van der Waals surface area contributed by atoms with E-state index in [0.717, 1.165) is 5.82 Å². The molecule has 2 rings (SSSR count). The normalized spacial score (nSPS) is 16.9. The topological polar surface area (TPSA) is 95.6 Å². The molecule has 1 fully saturated rings. The highest BCUT2D eigenvalue weighted by Gasteiger charge is 2.22. The Kier molecular flexibility index (Phi) is 4.75. The van der Waals surface area contributed by atoms with Gasteiger partial charge in [-0.05, 0) is 19.1 Å². The second-order valence-corrected chi connectivity index (χ2v) is 7.02. The van der Waals surface area contributed by atoms with Gasteiger partial charge in [-0.1, -0.05) is 0 Å². The molecule has 2 heterocycles. The van der Waals surface area contributed by atoms with E-state index in [1.807, 2.05) is 11.0 Å². The van der Waals surface area contributed by atoms with Crippen molar-refractivity contribution >= 4 is 21.6 Å². The minimum Gasteiger partial charge on any atom is -0.448 e. The number of nitrogens with zero attached hydrogens (tertiary/aromatic N) is 4. The largest absolute Gasteiger partial charge is 0.448 e. The quantitative estimate of drug-likeness (QED) is 0.819. The third-order valence-electron chi connectivity index (χ3n) is 3.07. The van der Waals surface area contributed by atoms with Crippen LogP contribution in [0.5, 0.6) is 0 Å².